The van der Waals surface area contributed by atoms with E-state index in [-0.39, 0.29) is 23.6 Å². The Balaban J connectivity index is 2.70. The number of carbonyl (C=O) groups is 1. The van der Waals surface area contributed by atoms with Crippen LogP contribution >= 0.6 is 0 Å². The zero-order valence-electron chi connectivity index (χ0n) is 11.9. The van der Waals surface area contributed by atoms with Gasteiger partial charge in [0, 0.05) is 0 Å². The topological polar surface area (TPSA) is 90.1 Å². The molecule has 1 aromatic carbocycles. The fourth-order valence-corrected chi connectivity index (χ4v) is 1.96. The number of methoxy groups -OCH3 is 1. The first-order valence-corrected chi connectivity index (χ1v) is 6.30. The lowest BCUT2D eigenvalue weighted by atomic mass is 9.99. The van der Waals surface area contributed by atoms with Gasteiger partial charge < -0.3 is 9.84 Å². The highest BCUT2D eigenvalue weighted by Crippen LogP contribution is 2.33. The number of aliphatic carboxylic acids is 1. The minimum absolute atomic E-state index is 0.0108. The standard InChI is InChI=1S/C13H15FN4O3/c1-4-13(2,12(19)20)18-11(15-16-17-18)10-8(14)6-5-7-9(10)21-3/h5-7H,4H2,1-3H3,(H,19,20). The van der Waals surface area contributed by atoms with Gasteiger partial charge in [0.25, 0.3) is 0 Å². The number of hydrogen-bond donors (Lipinski definition) is 1. The number of carboxylic acids is 1. The van der Waals surface area contributed by atoms with Crippen molar-refractivity contribution in [1.82, 2.24) is 20.2 Å². The Morgan fingerprint density at radius 3 is 2.81 bits per heavy atom. The molecule has 8 heteroatoms. The molecule has 1 unspecified atom stereocenters. The summed E-state index contributed by atoms with van der Waals surface area (Å²) in [7, 11) is 1.39. The van der Waals surface area contributed by atoms with Gasteiger partial charge >= 0.3 is 5.97 Å². The maximum Gasteiger partial charge on any atom is 0.331 e. The van der Waals surface area contributed by atoms with Gasteiger partial charge in [0.1, 0.15) is 11.6 Å². The predicted molar refractivity (Wildman–Crippen MR) is 71.3 cm³/mol. The summed E-state index contributed by atoms with van der Waals surface area (Å²) in [6.07, 6.45) is 0.233. The van der Waals surface area contributed by atoms with Gasteiger partial charge in [-0.2, -0.15) is 0 Å². The fourth-order valence-electron chi connectivity index (χ4n) is 1.96. The summed E-state index contributed by atoms with van der Waals surface area (Å²) in [6.45, 7) is 3.17. The fraction of sp³-hybridized carbons (Fsp3) is 0.385. The van der Waals surface area contributed by atoms with E-state index in [2.05, 4.69) is 15.5 Å². The maximum atomic E-state index is 14.1. The number of halogens is 1. The first-order valence-electron chi connectivity index (χ1n) is 6.30. The number of hydrogen-bond acceptors (Lipinski definition) is 5. The Hall–Kier alpha value is -2.51. The predicted octanol–water partition coefficient (Wildman–Crippen LogP) is 1.70. The molecule has 2 rings (SSSR count). The highest BCUT2D eigenvalue weighted by Gasteiger charge is 2.38. The Kier molecular flexibility index (Phi) is 3.88. The number of nitrogens with zero attached hydrogens (tertiary/aromatic N) is 4. The van der Waals surface area contributed by atoms with Crippen molar-refractivity contribution in [3.63, 3.8) is 0 Å². The van der Waals surface area contributed by atoms with Crippen LogP contribution < -0.4 is 4.74 Å². The van der Waals surface area contributed by atoms with E-state index in [9.17, 15) is 14.3 Å². The molecular weight excluding hydrogens is 279 g/mol. The van der Waals surface area contributed by atoms with Gasteiger partial charge in [-0.15, -0.1) is 5.10 Å². The molecule has 21 heavy (non-hydrogen) atoms. The van der Waals surface area contributed by atoms with E-state index in [1.54, 1.807) is 13.0 Å². The smallest absolute Gasteiger partial charge is 0.331 e. The second-order valence-electron chi connectivity index (χ2n) is 4.66. The van der Waals surface area contributed by atoms with Gasteiger partial charge in [0.2, 0.25) is 0 Å². The molecule has 0 radical (unpaired) electrons. The number of benzene rings is 1. The summed E-state index contributed by atoms with van der Waals surface area (Å²) >= 11 is 0. The molecule has 0 aliphatic carbocycles. The summed E-state index contributed by atoms with van der Waals surface area (Å²) in [5, 5.41) is 20.4. The zero-order valence-corrected chi connectivity index (χ0v) is 11.9. The summed E-state index contributed by atoms with van der Waals surface area (Å²) in [5.74, 6) is -1.45. The van der Waals surface area contributed by atoms with E-state index < -0.39 is 17.3 Å². The van der Waals surface area contributed by atoms with Gasteiger partial charge in [-0.25, -0.2) is 13.9 Å². The first-order chi connectivity index (χ1) is 9.95. The van der Waals surface area contributed by atoms with Crippen LogP contribution in [0.1, 0.15) is 20.3 Å². The van der Waals surface area contributed by atoms with Crippen LogP contribution in [0.4, 0.5) is 4.39 Å². The number of ether oxygens (including phenoxy) is 1. The van der Waals surface area contributed by atoms with Crippen LogP contribution in [0.3, 0.4) is 0 Å². The molecule has 0 amide bonds. The lowest BCUT2D eigenvalue weighted by Crippen LogP contribution is -2.39. The molecule has 1 heterocycles. The second kappa shape index (κ2) is 5.47. The van der Waals surface area contributed by atoms with Crippen LogP contribution in [-0.4, -0.2) is 38.4 Å². The molecule has 1 aromatic heterocycles. The Morgan fingerprint density at radius 1 is 1.52 bits per heavy atom. The Morgan fingerprint density at radius 2 is 2.24 bits per heavy atom. The van der Waals surface area contributed by atoms with Crippen molar-refractivity contribution in [2.45, 2.75) is 25.8 Å². The molecule has 0 fully saturated rings. The molecule has 2 aromatic rings. The summed E-state index contributed by atoms with van der Waals surface area (Å²) < 4.78 is 20.4. The molecular formula is C13H15FN4O3. The molecule has 1 atom stereocenters. The average molecular weight is 294 g/mol. The van der Waals surface area contributed by atoms with Crippen LogP contribution in [0.25, 0.3) is 11.4 Å². The van der Waals surface area contributed by atoms with Crippen LogP contribution in [0.2, 0.25) is 0 Å². The third-order valence-corrected chi connectivity index (χ3v) is 3.51. The zero-order chi connectivity index (χ0) is 15.6. The molecule has 0 aliphatic rings. The van der Waals surface area contributed by atoms with E-state index in [4.69, 9.17) is 4.74 Å². The van der Waals surface area contributed by atoms with Gasteiger partial charge in [0.15, 0.2) is 11.4 Å². The third kappa shape index (κ3) is 2.32. The molecule has 0 saturated heterocycles. The highest BCUT2D eigenvalue weighted by molar-refractivity contribution is 5.77. The van der Waals surface area contributed by atoms with E-state index in [0.717, 1.165) is 4.68 Å². The van der Waals surface area contributed by atoms with Crippen molar-refractivity contribution in [2.24, 2.45) is 0 Å². The van der Waals surface area contributed by atoms with Crippen LogP contribution in [0.15, 0.2) is 18.2 Å². The van der Waals surface area contributed by atoms with E-state index >= 15 is 0 Å². The van der Waals surface area contributed by atoms with E-state index in [1.165, 1.54) is 26.2 Å². The second-order valence-corrected chi connectivity index (χ2v) is 4.66. The van der Waals surface area contributed by atoms with Crippen LogP contribution in [0, 0.1) is 5.82 Å². The monoisotopic (exact) mass is 294 g/mol. The van der Waals surface area contributed by atoms with Crippen molar-refractivity contribution in [3.05, 3.63) is 24.0 Å². The number of aromatic nitrogens is 4. The lowest BCUT2D eigenvalue weighted by Gasteiger charge is -2.24. The normalized spacial score (nSPS) is 13.7. The average Bonchev–Trinajstić information content (AvgIpc) is 2.95. The quantitative estimate of drug-likeness (QED) is 0.902. The maximum absolute atomic E-state index is 14.1. The minimum atomic E-state index is -1.38. The van der Waals surface area contributed by atoms with Gasteiger partial charge in [-0.05, 0) is 35.9 Å². The third-order valence-electron chi connectivity index (χ3n) is 3.51. The molecule has 0 spiro atoms. The lowest BCUT2D eigenvalue weighted by molar-refractivity contribution is -0.147. The molecule has 112 valence electrons. The summed E-state index contributed by atoms with van der Waals surface area (Å²) in [6, 6.07) is 4.28. The van der Waals surface area contributed by atoms with Crippen LogP contribution in [-0.2, 0) is 10.3 Å². The minimum Gasteiger partial charge on any atom is -0.496 e. The van der Waals surface area contributed by atoms with Gasteiger partial charge in [0.05, 0.1) is 12.7 Å². The number of rotatable bonds is 5. The van der Waals surface area contributed by atoms with Crippen molar-refractivity contribution in [3.8, 4) is 17.1 Å². The van der Waals surface area contributed by atoms with Gasteiger partial charge in [-0.1, -0.05) is 13.0 Å². The number of carboxylic acid groups (broad SMARTS) is 1. The van der Waals surface area contributed by atoms with Crippen molar-refractivity contribution >= 4 is 5.97 Å². The molecule has 0 aliphatic heterocycles. The van der Waals surface area contributed by atoms with Crippen molar-refractivity contribution < 1.29 is 19.0 Å². The Labute approximate surface area is 120 Å². The number of tetrazole rings is 1. The molecule has 0 bridgehead atoms. The van der Waals surface area contributed by atoms with Crippen molar-refractivity contribution in [1.29, 1.82) is 0 Å². The Bertz CT molecular complexity index is 673. The van der Waals surface area contributed by atoms with Crippen molar-refractivity contribution in [2.75, 3.05) is 7.11 Å². The molecule has 1 N–H and O–H groups in total. The summed E-state index contributed by atoms with van der Waals surface area (Å²) in [5.41, 5.74) is -1.35. The largest absolute Gasteiger partial charge is 0.496 e. The van der Waals surface area contributed by atoms with E-state index in [0.29, 0.717) is 0 Å². The SMILES string of the molecule is CCC(C)(C(=O)O)n1nnnc1-c1c(F)cccc1OC. The first kappa shape index (κ1) is 14.9. The molecule has 7 nitrogen and oxygen atoms in total. The summed E-state index contributed by atoms with van der Waals surface area (Å²) in [4.78, 5) is 11.5. The molecule has 0 saturated carbocycles. The van der Waals surface area contributed by atoms with Crippen LogP contribution in [0.5, 0.6) is 5.75 Å². The van der Waals surface area contributed by atoms with Gasteiger partial charge in [-0.3, -0.25) is 0 Å². The van der Waals surface area contributed by atoms with E-state index in [1.807, 2.05) is 0 Å². The highest BCUT2D eigenvalue weighted by atomic mass is 19.1.